The number of ether oxygens (including phenoxy) is 1. The molecule has 0 saturated carbocycles. The number of oxazole rings is 1. The van der Waals surface area contributed by atoms with E-state index in [1.165, 1.54) is 12.1 Å². The van der Waals surface area contributed by atoms with Crippen LogP contribution in [0, 0.1) is 19.7 Å². The molecule has 5 nitrogen and oxygen atoms in total. The quantitative estimate of drug-likeness (QED) is 0.318. The molecule has 1 aromatic heterocycles. The van der Waals surface area contributed by atoms with Crippen molar-refractivity contribution in [2.75, 3.05) is 11.9 Å². The number of nitrogens with zero attached hydrogens (tertiary/aromatic N) is 1. The molecule has 0 aliphatic rings. The molecule has 0 bridgehead atoms. The van der Waals surface area contributed by atoms with Gasteiger partial charge in [0.25, 0.3) is 5.91 Å². The number of nitrogens with one attached hydrogen (secondary N) is 1. The second-order valence-electron chi connectivity index (χ2n) is 7.07. The predicted octanol–water partition coefficient (Wildman–Crippen LogP) is 7.23. The Balaban J connectivity index is 1.48. The zero-order chi connectivity index (χ0) is 23.0. The number of carbonyl (C=O) groups excluding carboxylic acids is 1. The molecule has 0 aliphatic carbocycles. The van der Waals surface area contributed by atoms with Crippen molar-refractivity contribution in [2.24, 2.45) is 0 Å². The first kappa shape index (κ1) is 22.4. The molecular weight excluding hydrogens is 478 g/mol. The summed E-state index contributed by atoms with van der Waals surface area (Å²) in [4.78, 5) is 16.8. The van der Waals surface area contributed by atoms with Gasteiger partial charge in [-0.1, -0.05) is 34.8 Å². The normalized spacial score (nSPS) is 11.1. The van der Waals surface area contributed by atoms with Crippen LogP contribution in [0.2, 0.25) is 15.1 Å². The molecule has 1 heterocycles. The van der Waals surface area contributed by atoms with E-state index in [-0.39, 0.29) is 28.2 Å². The third-order valence-electron chi connectivity index (χ3n) is 4.83. The van der Waals surface area contributed by atoms with Crippen LogP contribution >= 0.6 is 34.8 Å². The average molecular weight is 494 g/mol. The summed E-state index contributed by atoms with van der Waals surface area (Å²) >= 11 is 18.8. The van der Waals surface area contributed by atoms with Crippen molar-refractivity contribution in [1.82, 2.24) is 4.98 Å². The number of fused-ring (bicyclic) bond motifs is 1. The fourth-order valence-electron chi connectivity index (χ4n) is 3.09. The number of halogens is 4. The van der Waals surface area contributed by atoms with Crippen LogP contribution in [-0.2, 0) is 4.79 Å². The largest absolute Gasteiger partial charge is 0.481 e. The average Bonchev–Trinajstić information content (AvgIpc) is 3.20. The van der Waals surface area contributed by atoms with Gasteiger partial charge in [0.05, 0.1) is 10.0 Å². The van der Waals surface area contributed by atoms with Crippen LogP contribution < -0.4 is 10.1 Å². The fourth-order valence-corrected chi connectivity index (χ4v) is 3.91. The van der Waals surface area contributed by atoms with Gasteiger partial charge in [-0.15, -0.1) is 0 Å². The number of hydrogen-bond donors (Lipinski definition) is 1. The maximum atomic E-state index is 13.1. The second kappa shape index (κ2) is 8.98. The van der Waals surface area contributed by atoms with Gasteiger partial charge >= 0.3 is 0 Å². The van der Waals surface area contributed by atoms with Crippen LogP contribution in [0.1, 0.15) is 11.1 Å². The lowest BCUT2D eigenvalue weighted by molar-refractivity contribution is -0.118. The van der Waals surface area contributed by atoms with E-state index in [4.69, 9.17) is 44.0 Å². The molecule has 0 saturated heterocycles. The number of aromatic nitrogens is 1. The highest BCUT2D eigenvalue weighted by atomic mass is 35.5. The molecule has 3 aromatic carbocycles. The number of benzene rings is 3. The Morgan fingerprint density at radius 2 is 1.69 bits per heavy atom. The van der Waals surface area contributed by atoms with E-state index < -0.39 is 5.91 Å². The molecule has 1 N–H and O–H groups in total. The van der Waals surface area contributed by atoms with E-state index in [1.807, 2.05) is 0 Å². The minimum absolute atomic E-state index is 0.207. The molecule has 0 aliphatic heterocycles. The smallest absolute Gasteiger partial charge is 0.262 e. The van der Waals surface area contributed by atoms with Crippen molar-refractivity contribution in [2.45, 2.75) is 13.8 Å². The van der Waals surface area contributed by atoms with Crippen molar-refractivity contribution in [3.05, 3.63) is 74.5 Å². The maximum absolute atomic E-state index is 13.1. The topological polar surface area (TPSA) is 64.4 Å². The zero-order valence-electron chi connectivity index (χ0n) is 16.9. The van der Waals surface area contributed by atoms with Crippen LogP contribution in [0.3, 0.4) is 0 Å². The van der Waals surface area contributed by atoms with Gasteiger partial charge in [-0.2, -0.15) is 0 Å². The van der Waals surface area contributed by atoms with Gasteiger partial charge in [0, 0.05) is 16.3 Å². The molecule has 0 atom stereocenters. The summed E-state index contributed by atoms with van der Waals surface area (Å²) in [5.74, 6) is -0.198. The monoisotopic (exact) mass is 492 g/mol. The SMILES string of the molecule is Cc1c(Cl)c(C)c(Cl)c(OCC(=O)Nc2ccc3oc(-c4ccc(F)cc4)nc3c2)c1Cl. The van der Waals surface area contributed by atoms with Crippen molar-refractivity contribution in [3.63, 3.8) is 0 Å². The zero-order valence-corrected chi connectivity index (χ0v) is 19.2. The summed E-state index contributed by atoms with van der Waals surface area (Å²) in [6.45, 7) is 3.18. The highest BCUT2D eigenvalue weighted by Crippen LogP contribution is 2.42. The van der Waals surface area contributed by atoms with Crippen LogP contribution in [0.15, 0.2) is 46.9 Å². The van der Waals surface area contributed by atoms with Crippen molar-refractivity contribution in [1.29, 1.82) is 0 Å². The first-order valence-corrected chi connectivity index (χ1v) is 10.6. The van der Waals surface area contributed by atoms with Gasteiger partial charge in [0.2, 0.25) is 5.89 Å². The maximum Gasteiger partial charge on any atom is 0.262 e. The molecule has 1 amide bonds. The minimum Gasteiger partial charge on any atom is -0.481 e. The lowest BCUT2D eigenvalue weighted by Crippen LogP contribution is -2.20. The van der Waals surface area contributed by atoms with Gasteiger partial charge in [-0.05, 0) is 67.4 Å². The van der Waals surface area contributed by atoms with E-state index >= 15 is 0 Å². The molecule has 0 unspecified atom stereocenters. The number of amides is 1. The standard InChI is InChI=1S/C23H16Cl3FN2O3/c1-11-19(24)12(2)21(26)22(20(11)25)31-10-18(30)28-15-7-8-17-16(9-15)29-23(32-17)13-3-5-14(27)6-4-13/h3-9H,10H2,1-2H3,(H,28,30). The molecular formula is C23H16Cl3FN2O3. The summed E-state index contributed by atoms with van der Waals surface area (Å²) in [5.41, 5.74) is 3.47. The fraction of sp³-hybridized carbons (Fsp3) is 0.130. The van der Waals surface area contributed by atoms with Crippen molar-refractivity contribution in [3.8, 4) is 17.2 Å². The lowest BCUT2D eigenvalue weighted by Gasteiger charge is -2.15. The minimum atomic E-state index is -0.413. The van der Waals surface area contributed by atoms with Gasteiger partial charge in [-0.3, -0.25) is 4.79 Å². The van der Waals surface area contributed by atoms with Crippen LogP contribution in [0.4, 0.5) is 10.1 Å². The third kappa shape index (κ3) is 4.39. The van der Waals surface area contributed by atoms with Crippen LogP contribution in [0.25, 0.3) is 22.6 Å². The summed E-state index contributed by atoms with van der Waals surface area (Å²) < 4.78 is 24.4. The first-order valence-electron chi connectivity index (χ1n) is 9.47. The Kier molecular flexibility index (Phi) is 6.29. The van der Waals surface area contributed by atoms with Gasteiger partial charge < -0.3 is 14.5 Å². The first-order chi connectivity index (χ1) is 15.2. The number of anilines is 1. The Hall–Kier alpha value is -2.80. The van der Waals surface area contributed by atoms with E-state index in [0.717, 1.165) is 0 Å². The highest BCUT2D eigenvalue weighted by molar-refractivity contribution is 6.42. The third-order valence-corrected chi connectivity index (χ3v) is 6.30. The highest BCUT2D eigenvalue weighted by Gasteiger charge is 2.19. The Labute approximate surface area is 198 Å². The number of hydrogen-bond acceptors (Lipinski definition) is 4. The predicted molar refractivity (Wildman–Crippen MR) is 124 cm³/mol. The van der Waals surface area contributed by atoms with E-state index in [0.29, 0.717) is 44.4 Å². The number of carbonyl (C=O) groups is 1. The van der Waals surface area contributed by atoms with Crippen molar-refractivity contribution >= 4 is 57.5 Å². The van der Waals surface area contributed by atoms with Gasteiger partial charge in [0.1, 0.15) is 11.3 Å². The van der Waals surface area contributed by atoms with E-state index in [1.54, 1.807) is 44.2 Å². The molecule has 0 spiro atoms. The van der Waals surface area contributed by atoms with Crippen molar-refractivity contribution < 1.29 is 18.3 Å². The molecule has 164 valence electrons. The van der Waals surface area contributed by atoms with Gasteiger partial charge in [0.15, 0.2) is 17.9 Å². The molecule has 4 rings (SSSR count). The van der Waals surface area contributed by atoms with Gasteiger partial charge in [-0.25, -0.2) is 9.37 Å². The van der Waals surface area contributed by atoms with Crippen LogP contribution in [-0.4, -0.2) is 17.5 Å². The molecule has 0 radical (unpaired) electrons. The Bertz CT molecular complexity index is 1310. The summed E-state index contributed by atoms with van der Waals surface area (Å²) in [7, 11) is 0. The Morgan fingerprint density at radius 3 is 2.34 bits per heavy atom. The molecule has 32 heavy (non-hydrogen) atoms. The molecule has 4 aromatic rings. The Morgan fingerprint density at radius 1 is 1.03 bits per heavy atom. The van der Waals surface area contributed by atoms with Crippen LogP contribution in [0.5, 0.6) is 5.75 Å². The molecule has 0 fully saturated rings. The van der Waals surface area contributed by atoms with E-state index in [9.17, 15) is 9.18 Å². The van der Waals surface area contributed by atoms with E-state index in [2.05, 4.69) is 10.3 Å². The number of rotatable bonds is 5. The molecule has 9 heteroatoms. The lowest BCUT2D eigenvalue weighted by atomic mass is 10.1. The summed E-state index contributed by atoms with van der Waals surface area (Å²) in [6.07, 6.45) is 0. The summed E-state index contributed by atoms with van der Waals surface area (Å²) in [6, 6.07) is 10.9. The second-order valence-corrected chi connectivity index (χ2v) is 8.20. The summed E-state index contributed by atoms with van der Waals surface area (Å²) in [5, 5.41) is 3.71.